The maximum atomic E-state index is 14.3. The number of amides is 1. The molecule has 1 aromatic rings. The molecule has 0 aromatic heterocycles. The van der Waals surface area contributed by atoms with Crippen LogP contribution in [0.1, 0.15) is 30.9 Å². The first-order chi connectivity index (χ1) is 21.5. The molecular weight excluding hydrogens is 666 g/mol. The SMILES string of the molecule is CN(C)[C@@H]1C(=O)C(C(=O)N[P@@](=O)(NCCCO)N(CCCl)CCCl)=C(O)[C@]2(O)C(=O)C3=C(O)c4c(O)cccc4[C@@](C)(O)[C@H]3C[C@@H]12. The lowest BCUT2D eigenvalue weighted by Crippen LogP contribution is -2.67. The van der Waals surface area contributed by atoms with Crippen LogP contribution in [0, 0.1) is 11.8 Å². The number of likely N-dealkylation sites (N-methyl/N-ethyl adjacent to an activating group) is 1. The average molecular weight is 706 g/mol. The number of benzene rings is 1. The van der Waals surface area contributed by atoms with Gasteiger partial charge in [0.15, 0.2) is 11.4 Å². The van der Waals surface area contributed by atoms with Crippen molar-refractivity contribution in [1.29, 1.82) is 0 Å². The van der Waals surface area contributed by atoms with Gasteiger partial charge in [0.25, 0.3) is 5.91 Å². The molecule has 1 saturated carbocycles. The third-order valence-corrected chi connectivity index (χ3v) is 11.7. The van der Waals surface area contributed by atoms with E-state index in [0.717, 1.165) is 0 Å². The first-order valence-corrected chi connectivity index (χ1v) is 17.3. The predicted octanol–water partition coefficient (Wildman–Crippen LogP) is 1.12. The molecule has 14 nitrogen and oxygen atoms in total. The fraction of sp³-hybridized carbons (Fsp3) is 0.552. The van der Waals surface area contributed by atoms with Crippen LogP contribution in [0.25, 0.3) is 5.76 Å². The topological polar surface area (TPSA) is 220 Å². The molecule has 0 unspecified atom stereocenters. The van der Waals surface area contributed by atoms with Crippen LogP contribution >= 0.6 is 30.8 Å². The smallest absolute Gasteiger partial charge is 0.308 e. The number of carbonyl (C=O) groups is 3. The lowest BCUT2D eigenvalue weighted by atomic mass is 9.54. The molecule has 46 heavy (non-hydrogen) atoms. The molecule has 8 N–H and O–H groups in total. The Morgan fingerprint density at radius 1 is 1.11 bits per heavy atom. The molecule has 1 fully saturated rings. The normalized spacial score (nSPS) is 29.0. The van der Waals surface area contributed by atoms with Crippen molar-refractivity contribution in [3.8, 4) is 5.75 Å². The second-order valence-electron chi connectivity index (χ2n) is 11.9. The Morgan fingerprint density at radius 3 is 2.30 bits per heavy atom. The number of ketones is 2. The van der Waals surface area contributed by atoms with Crippen LogP contribution in [0.3, 0.4) is 0 Å². The Balaban J connectivity index is 1.89. The van der Waals surface area contributed by atoms with Crippen molar-refractivity contribution in [1.82, 2.24) is 19.7 Å². The van der Waals surface area contributed by atoms with E-state index in [2.05, 4.69) is 10.2 Å². The van der Waals surface area contributed by atoms with E-state index in [9.17, 15) is 49.6 Å². The molecule has 3 aliphatic rings. The number of rotatable bonds is 12. The Morgan fingerprint density at radius 2 is 1.74 bits per heavy atom. The number of carbonyl (C=O) groups excluding carboxylic acids is 3. The van der Waals surface area contributed by atoms with Gasteiger partial charge < -0.3 is 30.6 Å². The summed E-state index contributed by atoms with van der Waals surface area (Å²) in [5, 5.41) is 71.3. The van der Waals surface area contributed by atoms with Crippen molar-refractivity contribution in [3.05, 3.63) is 46.2 Å². The van der Waals surface area contributed by atoms with E-state index in [0.29, 0.717) is 0 Å². The number of aromatic hydroxyl groups is 1. The minimum Gasteiger partial charge on any atom is -0.508 e. The zero-order valence-corrected chi connectivity index (χ0v) is 27.9. The molecule has 0 spiro atoms. The van der Waals surface area contributed by atoms with Gasteiger partial charge in [0, 0.05) is 55.4 Å². The van der Waals surface area contributed by atoms with E-state index in [1.807, 2.05) is 0 Å². The number of hydrogen-bond donors (Lipinski definition) is 8. The van der Waals surface area contributed by atoms with E-state index in [1.165, 1.54) is 48.8 Å². The largest absolute Gasteiger partial charge is 0.508 e. The van der Waals surface area contributed by atoms with Crippen LogP contribution in [0.4, 0.5) is 0 Å². The number of alkyl halides is 2. The minimum atomic E-state index is -4.16. The van der Waals surface area contributed by atoms with Crippen LogP contribution in [-0.2, 0) is 24.5 Å². The van der Waals surface area contributed by atoms with Crippen LogP contribution in [-0.4, -0.2) is 121 Å². The minimum absolute atomic E-state index is 0.0217. The number of fused-ring (bicyclic) bond motifs is 3. The Kier molecular flexibility index (Phi) is 10.7. The van der Waals surface area contributed by atoms with Gasteiger partial charge in [0.1, 0.15) is 22.8 Å². The Hall–Kier alpha value is -2.52. The third kappa shape index (κ3) is 5.78. The van der Waals surface area contributed by atoms with E-state index < -0.39 is 82.6 Å². The van der Waals surface area contributed by atoms with Crippen molar-refractivity contribution < 1.29 is 49.6 Å². The molecule has 4 rings (SSSR count). The maximum Gasteiger partial charge on any atom is 0.308 e. The third-order valence-electron chi connectivity index (χ3n) is 9.00. The van der Waals surface area contributed by atoms with Gasteiger partial charge in [-0.3, -0.25) is 28.9 Å². The molecule has 17 heteroatoms. The molecule has 0 radical (unpaired) electrons. The van der Waals surface area contributed by atoms with Crippen molar-refractivity contribution in [3.63, 3.8) is 0 Å². The van der Waals surface area contributed by atoms with Gasteiger partial charge in [-0.25, -0.2) is 9.76 Å². The lowest BCUT2D eigenvalue weighted by Gasteiger charge is -2.53. The van der Waals surface area contributed by atoms with Gasteiger partial charge in [-0.15, -0.1) is 23.2 Å². The maximum absolute atomic E-state index is 14.3. The molecule has 0 saturated heterocycles. The average Bonchev–Trinajstić information content (AvgIpc) is 2.97. The fourth-order valence-corrected chi connectivity index (χ4v) is 9.46. The lowest BCUT2D eigenvalue weighted by molar-refractivity contribution is -0.159. The summed E-state index contributed by atoms with van der Waals surface area (Å²) in [5.41, 5.74) is -6.47. The van der Waals surface area contributed by atoms with Gasteiger partial charge in [-0.05, 0) is 45.5 Å². The zero-order chi connectivity index (χ0) is 34.4. The molecule has 254 valence electrons. The monoisotopic (exact) mass is 704 g/mol. The highest BCUT2D eigenvalue weighted by Crippen LogP contribution is 2.57. The highest BCUT2D eigenvalue weighted by Gasteiger charge is 2.66. The highest BCUT2D eigenvalue weighted by molar-refractivity contribution is 7.58. The summed E-state index contributed by atoms with van der Waals surface area (Å²) < 4.78 is 15.4. The quantitative estimate of drug-likeness (QED) is 0.0663. The number of aliphatic hydroxyl groups excluding tert-OH is 3. The van der Waals surface area contributed by atoms with Crippen molar-refractivity contribution in [2.24, 2.45) is 11.8 Å². The van der Waals surface area contributed by atoms with E-state index in [1.54, 1.807) is 0 Å². The number of nitrogens with zero attached hydrogens (tertiary/aromatic N) is 2. The molecule has 6 atom stereocenters. The predicted molar refractivity (Wildman–Crippen MR) is 169 cm³/mol. The standard InChI is InChI=1S/C29H39Cl2N4O10P/c1-28(43)15-6-4-7-18(37)19(15)23(38)20-16(28)14-17-22(34(2)3)24(39)21(26(41)29(17,44)25(20)40)27(42)33-46(45,32-10-5-13-36)35(11-8-30)12-9-31/h4,6-7,16-17,22,36-38,41,43-44H,5,8-14H2,1-3H3,(H2,32,33,42,45)/t16-,17-,22-,28+,29+,46-/m0/s1. The van der Waals surface area contributed by atoms with Gasteiger partial charge in [0.05, 0.1) is 17.2 Å². The first-order valence-electron chi connectivity index (χ1n) is 14.6. The number of halogens is 2. The number of aliphatic hydroxyl groups is 5. The van der Waals surface area contributed by atoms with Crippen molar-refractivity contribution in [2.75, 3.05) is 52.1 Å². The summed E-state index contributed by atoms with van der Waals surface area (Å²) in [6.45, 7) is 1.02. The molecular formula is C29H39Cl2N4O10P. The number of Topliss-reactive ketones (excluding diaryl/α,β-unsaturated/α-hetero) is 2. The molecule has 3 aliphatic carbocycles. The second-order valence-corrected chi connectivity index (χ2v) is 14.9. The summed E-state index contributed by atoms with van der Waals surface area (Å²) in [5.74, 6) is -8.77. The summed E-state index contributed by atoms with van der Waals surface area (Å²) in [7, 11) is -1.24. The summed E-state index contributed by atoms with van der Waals surface area (Å²) in [6, 6.07) is 2.75. The van der Waals surface area contributed by atoms with E-state index in [4.69, 9.17) is 23.2 Å². The molecule has 0 heterocycles. The van der Waals surface area contributed by atoms with Crippen LogP contribution in [0.15, 0.2) is 35.1 Å². The summed E-state index contributed by atoms with van der Waals surface area (Å²) in [4.78, 5) is 43.5. The molecule has 1 aromatic carbocycles. The second kappa shape index (κ2) is 13.5. The molecule has 0 aliphatic heterocycles. The van der Waals surface area contributed by atoms with E-state index in [-0.39, 0.29) is 62.0 Å². The summed E-state index contributed by atoms with van der Waals surface area (Å²) in [6.07, 6.45) is -0.166. The first kappa shape index (κ1) is 36.3. The van der Waals surface area contributed by atoms with Gasteiger partial charge in [0.2, 0.25) is 5.78 Å². The van der Waals surface area contributed by atoms with E-state index >= 15 is 0 Å². The van der Waals surface area contributed by atoms with Gasteiger partial charge in [-0.1, -0.05) is 12.1 Å². The molecule has 1 amide bonds. The van der Waals surface area contributed by atoms with Crippen LogP contribution in [0.5, 0.6) is 5.75 Å². The Labute approximate surface area is 275 Å². The number of phenolic OH excluding ortho intramolecular Hbond substituents is 1. The van der Waals surface area contributed by atoms with Crippen molar-refractivity contribution >= 4 is 54.0 Å². The van der Waals surface area contributed by atoms with Crippen LogP contribution < -0.4 is 10.2 Å². The molecule has 0 bridgehead atoms. The number of nitrogens with one attached hydrogen (secondary N) is 2. The number of phenols is 1. The highest BCUT2D eigenvalue weighted by atomic mass is 35.5. The van der Waals surface area contributed by atoms with Gasteiger partial charge >= 0.3 is 7.59 Å². The zero-order valence-electron chi connectivity index (χ0n) is 25.5. The van der Waals surface area contributed by atoms with Crippen molar-refractivity contribution in [2.45, 2.75) is 37.0 Å². The Bertz CT molecular complexity index is 1530. The van der Waals surface area contributed by atoms with Gasteiger partial charge in [-0.2, -0.15) is 0 Å². The van der Waals surface area contributed by atoms with Crippen LogP contribution in [0.2, 0.25) is 0 Å². The summed E-state index contributed by atoms with van der Waals surface area (Å²) >= 11 is 11.8. The number of hydrogen-bond acceptors (Lipinski definition) is 11. The fourth-order valence-electron chi connectivity index (χ4n) is 6.78.